The average Bonchev–Trinajstić information content (AvgIpc) is 3.33. The van der Waals surface area contributed by atoms with Gasteiger partial charge in [-0.15, -0.1) is 0 Å². The van der Waals surface area contributed by atoms with Crippen molar-refractivity contribution in [2.45, 2.75) is 32.1 Å². The number of rotatable bonds is 7. The highest BCUT2D eigenvalue weighted by atomic mass is 35.5. The molecular formula is C20H19ClF2N6O3S. The lowest BCUT2D eigenvalue weighted by Gasteiger charge is -2.13. The molecule has 0 saturated heterocycles. The molecule has 1 aromatic carbocycles. The first-order chi connectivity index (χ1) is 15.6. The van der Waals surface area contributed by atoms with Gasteiger partial charge in [-0.25, -0.2) is 36.6 Å². The predicted octanol–water partition coefficient (Wildman–Crippen LogP) is 4.17. The number of sulfonamides is 1. The molecule has 3 heterocycles. The van der Waals surface area contributed by atoms with Crippen LogP contribution in [-0.2, 0) is 10.0 Å². The fraction of sp³-hybridized carbons (Fsp3) is 0.250. The lowest BCUT2D eigenvalue weighted by Crippen LogP contribution is -2.17. The summed E-state index contributed by atoms with van der Waals surface area (Å²) in [5, 5.41) is 5.03. The maximum absolute atomic E-state index is 13.1. The van der Waals surface area contributed by atoms with E-state index >= 15 is 0 Å². The van der Waals surface area contributed by atoms with Crippen molar-refractivity contribution in [3.8, 4) is 11.4 Å². The van der Waals surface area contributed by atoms with Crippen molar-refractivity contribution in [1.29, 1.82) is 0 Å². The summed E-state index contributed by atoms with van der Waals surface area (Å²) in [7, 11) is -4.12. The molecule has 0 saturated carbocycles. The van der Waals surface area contributed by atoms with Crippen molar-refractivity contribution in [2.75, 3.05) is 11.3 Å². The zero-order valence-electron chi connectivity index (χ0n) is 17.7. The molecule has 13 heteroatoms. The zero-order valence-corrected chi connectivity index (χ0v) is 19.3. The number of aromatic amines is 1. The Labute approximate surface area is 192 Å². The Kier molecular flexibility index (Phi) is 5.97. The third kappa shape index (κ3) is 4.48. The number of fused-ring (bicyclic) bond motifs is 1. The highest BCUT2D eigenvalue weighted by Crippen LogP contribution is 2.33. The summed E-state index contributed by atoms with van der Waals surface area (Å²) in [4.78, 5) is 11.0. The molecule has 0 fully saturated rings. The lowest BCUT2D eigenvalue weighted by molar-refractivity contribution is 0.0808. The largest absolute Gasteiger partial charge is 0.484 e. The van der Waals surface area contributed by atoms with E-state index in [0.717, 1.165) is 5.56 Å². The van der Waals surface area contributed by atoms with Crippen molar-refractivity contribution >= 4 is 38.5 Å². The Balaban J connectivity index is 1.71. The summed E-state index contributed by atoms with van der Waals surface area (Å²) in [5.74, 6) is -0.125. The van der Waals surface area contributed by atoms with Gasteiger partial charge in [0.15, 0.2) is 5.75 Å². The van der Waals surface area contributed by atoms with Crippen LogP contribution < -0.4 is 9.46 Å². The summed E-state index contributed by atoms with van der Waals surface area (Å²) in [5.41, 5.74) is 2.35. The van der Waals surface area contributed by atoms with Crippen LogP contribution in [0.25, 0.3) is 16.6 Å². The minimum atomic E-state index is -4.12. The van der Waals surface area contributed by atoms with Gasteiger partial charge in [0.05, 0.1) is 28.1 Å². The monoisotopic (exact) mass is 496 g/mol. The van der Waals surface area contributed by atoms with E-state index in [9.17, 15) is 17.2 Å². The number of benzene rings is 1. The van der Waals surface area contributed by atoms with Crippen LogP contribution in [0.2, 0.25) is 5.02 Å². The number of H-pyrrole nitrogens is 1. The molecule has 0 unspecified atom stereocenters. The van der Waals surface area contributed by atoms with E-state index in [4.69, 9.17) is 16.3 Å². The number of nitrogens with one attached hydrogen (secondary N) is 2. The quantitative estimate of drug-likeness (QED) is 0.397. The third-order valence-corrected chi connectivity index (χ3v) is 6.43. The van der Waals surface area contributed by atoms with Gasteiger partial charge in [0.25, 0.3) is 16.4 Å². The highest BCUT2D eigenvalue weighted by molar-refractivity contribution is 7.93. The number of hydrogen-bond acceptors (Lipinski definition) is 6. The number of hydrogen-bond donors (Lipinski definition) is 2. The van der Waals surface area contributed by atoms with Gasteiger partial charge in [-0.1, -0.05) is 11.6 Å². The first kappa shape index (κ1) is 22.9. The minimum Gasteiger partial charge on any atom is -0.484 e. The van der Waals surface area contributed by atoms with Crippen LogP contribution in [0.15, 0.2) is 35.6 Å². The lowest BCUT2D eigenvalue weighted by atomic mass is 10.2. The fourth-order valence-corrected chi connectivity index (χ4v) is 4.76. The van der Waals surface area contributed by atoms with E-state index in [0.29, 0.717) is 21.6 Å². The number of aromatic nitrogens is 5. The van der Waals surface area contributed by atoms with E-state index in [2.05, 4.69) is 24.8 Å². The van der Waals surface area contributed by atoms with Crippen LogP contribution in [0.4, 0.5) is 14.7 Å². The minimum absolute atomic E-state index is 0.0452. The van der Waals surface area contributed by atoms with Gasteiger partial charge >= 0.3 is 0 Å². The molecule has 4 aromatic rings. The van der Waals surface area contributed by atoms with Crippen LogP contribution in [-0.4, -0.2) is 46.2 Å². The molecule has 9 nitrogen and oxygen atoms in total. The Hall–Kier alpha value is -3.25. The van der Waals surface area contributed by atoms with Crippen molar-refractivity contribution in [1.82, 2.24) is 24.7 Å². The number of alkyl halides is 2. The van der Waals surface area contributed by atoms with E-state index < -0.39 is 23.1 Å². The Morgan fingerprint density at radius 2 is 1.91 bits per heavy atom. The smallest absolute Gasteiger partial charge is 0.272 e. The number of nitrogens with zero attached hydrogens (tertiary/aromatic N) is 4. The van der Waals surface area contributed by atoms with Crippen molar-refractivity contribution in [3.05, 3.63) is 52.7 Å². The van der Waals surface area contributed by atoms with Gasteiger partial charge in [0.2, 0.25) is 5.95 Å². The molecule has 0 aliphatic rings. The summed E-state index contributed by atoms with van der Waals surface area (Å²) in [6, 6.07) is 3.17. The normalized spacial score (nSPS) is 12.0. The second kappa shape index (κ2) is 8.60. The Morgan fingerprint density at radius 1 is 1.21 bits per heavy atom. The molecule has 0 aliphatic heterocycles. The van der Waals surface area contributed by atoms with E-state index in [1.807, 2.05) is 6.92 Å². The molecule has 33 heavy (non-hydrogen) atoms. The predicted molar refractivity (Wildman–Crippen MR) is 119 cm³/mol. The van der Waals surface area contributed by atoms with Crippen LogP contribution >= 0.6 is 11.6 Å². The standard InChI is InChI=1S/C20H19ClF2N6O3S/c1-10-6-25-29(8-10)18-14(21)5-4-13-15(7-24-17(13)18)33(30,31)28-20-26-11(2)19(12(3)27-20)32-9-16(22)23/h4-8,16,24H,9H2,1-3H3,(H,26,27,28). The second-order valence-corrected chi connectivity index (χ2v) is 9.35. The fourth-order valence-electron chi connectivity index (χ4n) is 3.40. The molecule has 0 spiro atoms. The molecule has 174 valence electrons. The Bertz CT molecular complexity index is 1430. The summed E-state index contributed by atoms with van der Waals surface area (Å²) in [6.45, 7) is 4.09. The van der Waals surface area contributed by atoms with Gasteiger partial charge < -0.3 is 9.72 Å². The molecule has 0 radical (unpaired) electrons. The number of ether oxygens (including phenoxy) is 1. The van der Waals surface area contributed by atoms with Gasteiger partial charge in [-0.3, -0.25) is 0 Å². The maximum Gasteiger partial charge on any atom is 0.272 e. The van der Waals surface area contributed by atoms with Crippen molar-refractivity contribution in [3.63, 3.8) is 0 Å². The number of halogens is 3. The molecule has 0 amide bonds. The topological polar surface area (TPSA) is 115 Å². The molecule has 4 rings (SSSR count). The first-order valence-corrected chi connectivity index (χ1v) is 11.5. The van der Waals surface area contributed by atoms with Crippen LogP contribution in [0.1, 0.15) is 17.0 Å². The molecule has 0 atom stereocenters. The third-order valence-electron chi connectivity index (χ3n) is 4.76. The number of aryl methyl sites for hydroxylation is 3. The van der Waals surface area contributed by atoms with Crippen molar-refractivity contribution < 1.29 is 21.9 Å². The van der Waals surface area contributed by atoms with Crippen LogP contribution in [0, 0.1) is 20.8 Å². The van der Waals surface area contributed by atoms with Gasteiger partial charge in [-0.2, -0.15) is 5.10 Å². The average molecular weight is 497 g/mol. The van der Waals surface area contributed by atoms with Crippen LogP contribution in [0.3, 0.4) is 0 Å². The summed E-state index contributed by atoms with van der Waals surface area (Å²) < 4.78 is 60.1. The summed E-state index contributed by atoms with van der Waals surface area (Å²) in [6.07, 6.45) is 2.11. The van der Waals surface area contributed by atoms with E-state index in [1.165, 1.54) is 20.0 Å². The van der Waals surface area contributed by atoms with Gasteiger partial charge in [-0.05, 0) is 38.5 Å². The van der Waals surface area contributed by atoms with E-state index in [1.54, 1.807) is 29.2 Å². The number of anilines is 1. The SMILES string of the molecule is Cc1cnn(-c2c(Cl)ccc3c(S(=O)(=O)Nc4nc(C)c(OCC(F)F)c(C)n4)c[nH]c23)c1. The Morgan fingerprint density at radius 3 is 2.52 bits per heavy atom. The molecular weight excluding hydrogens is 478 g/mol. The van der Waals surface area contributed by atoms with Gasteiger partial charge in [0.1, 0.15) is 17.2 Å². The molecule has 0 bridgehead atoms. The van der Waals surface area contributed by atoms with Gasteiger partial charge in [0, 0.05) is 17.8 Å². The summed E-state index contributed by atoms with van der Waals surface area (Å²) >= 11 is 6.37. The zero-order chi connectivity index (χ0) is 23.9. The van der Waals surface area contributed by atoms with Crippen LogP contribution in [0.5, 0.6) is 5.75 Å². The highest BCUT2D eigenvalue weighted by Gasteiger charge is 2.24. The first-order valence-electron chi connectivity index (χ1n) is 9.67. The molecule has 2 N–H and O–H groups in total. The maximum atomic E-state index is 13.1. The van der Waals surface area contributed by atoms with E-state index in [-0.39, 0.29) is 28.0 Å². The van der Waals surface area contributed by atoms with Crippen molar-refractivity contribution in [2.24, 2.45) is 0 Å². The second-order valence-electron chi connectivity index (χ2n) is 7.29. The molecule has 3 aromatic heterocycles. The molecule has 0 aliphatic carbocycles.